The number of imidazole rings is 1. The summed E-state index contributed by atoms with van der Waals surface area (Å²) in [6.07, 6.45) is 5.57. The van der Waals surface area contributed by atoms with E-state index in [9.17, 15) is 0 Å². The molecule has 3 aromatic rings. The SMILES string of the molecule is CN=C(NCc1cccc(Cn2ccnc2)c1)NCc1nc(C)c(C)o1. The zero-order valence-electron chi connectivity index (χ0n) is 15.4. The van der Waals surface area contributed by atoms with Gasteiger partial charge in [0, 0.05) is 32.5 Å². The minimum Gasteiger partial charge on any atom is -0.444 e. The van der Waals surface area contributed by atoms with Crippen LogP contribution in [0.25, 0.3) is 0 Å². The van der Waals surface area contributed by atoms with Gasteiger partial charge >= 0.3 is 0 Å². The number of aryl methyl sites for hydroxylation is 2. The van der Waals surface area contributed by atoms with Gasteiger partial charge in [-0.25, -0.2) is 9.97 Å². The first-order chi connectivity index (χ1) is 12.6. The largest absolute Gasteiger partial charge is 0.444 e. The van der Waals surface area contributed by atoms with Gasteiger partial charge in [0.15, 0.2) is 5.96 Å². The van der Waals surface area contributed by atoms with Crippen LogP contribution >= 0.6 is 0 Å². The van der Waals surface area contributed by atoms with Gasteiger partial charge < -0.3 is 19.6 Å². The fraction of sp³-hybridized carbons (Fsp3) is 0.316. The molecular weight excluding hydrogens is 328 g/mol. The number of nitrogens with one attached hydrogen (secondary N) is 2. The molecule has 0 saturated carbocycles. The summed E-state index contributed by atoms with van der Waals surface area (Å²) >= 11 is 0. The Kier molecular flexibility index (Phi) is 5.68. The van der Waals surface area contributed by atoms with Crippen molar-refractivity contribution in [2.75, 3.05) is 7.05 Å². The molecule has 7 nitrogen and oxygen atoms in total. The van der Waals surface area contributed by atoms with Gasteiger partial charge in [0.1, 0.15) is 5.76 Å². The minimum absolute atomic E-state index is 0.495. The van der Waals surface area contributed by atoms with Crippen molar-refractivity contribution in [3.8, 4) is 0 Å². The first kappa shape index (κ1) is 17.7. The third-order valence-corrected chi connectivity index (χ3v) is 4.08. The van der Waals surface area contributed by atoms with E-state index < -0.39 is 0 Å². The van der Waals surface area contributed by atoms with Crippen LogP contribution in [0.5, 0.6) is 0 Å². The second kappa shape index (κ2) is 8.33. The van der Waals surface area contributed by atoms with Gasteiger partial charge in [0.05, 0.1) is 18.6 Å². The van der Waals surface area contributed by atoms with Crippen molar-refractivity contribution in [2.24, 2.45) is 4.99 Å². The van der Waals surface area contributed by atoms with Crippen molar-refractivity contribution in [2.45, 2.75) is 33.5 Å². The van der Waals surface area contributed by atoms with E-state index in [0.717, 1.165) is 18.0 Å². The highest BCUT2D eigenvalue weighted by Crippen LogP contribution is 2.08. The van der Waals surface area contributed by atoms with E-state index in [4.69, 9.17) is 4.42 Å². The number of hydrogen-bond acceptors (Lipinski definition) is 4. The maximum Gasteiger partial charge on any atom is 0.214 e. The predicted octanol–water partition coefficient (Wildman–Crippen LogP) is 2.40. The molecule has 0 radical (unpaired) electrons. The lowest BCUT2D eigenvalue weighted by Gasteiger charge is -2.11. The van der Waals surface area contributed by atoms with Crippen LogP contribution in [-0.2, 0) is 19.6 Å². The Labute approximate surface area is 153 Å². The van der Waals surface area contributed by atoms with Crippen molar-refractivity contribution in [3.63, 3.8) is 0 Å². The summed E-state index contributed by atoms with van der Waals surface area (Å²) in [4.78, 5) is 12.7. The number of guanidine groups is 1. The smallest absolute Gasteiger partial charge is 0.214 e. The van der Waals surface area contributed by atoms with Crippen molar-refractivity contribution in [1.29, 1.82) is 0 Å². The molecule has 0 unspecified atom stereocenters. The van der Waals surface area contributed by atoms with Gasteiger partial charge in [-0.3, -0.25) is 4.99 Å². The molecule has 0 atom stereocenters. The topological polar surface area (TPSA) is 80.3 Å². The summed E-state index contributed by atoms with van der Waals surface area (Å²) in [5.74, 6) is 2.21. The molecule has 0 aliphatic rings. The first-order valence-electron chi connectivity index (χ1n) is 8.55. The van der Waals surface area contributed by atoms with Crippen LogP contribution in [0.3, 0.4) is 0 Å². The van der Waals surface area contributed by atoms with Crippen LogP contribution in [-0.4, -0.2) is 27.5 Å². The van der Waals surface area contributed by atoms with Gasteiger partial charge in [0.25, 0.3) is 0 Å². The van der Waals surface area contributed by atoms with Gasteiger partial charge in [-0.1, -0.05) is 24.3 Å². The number of oxazole rings is 1. The van der Waals surface area contributed by atoms with E-state index in [1.54, 1.807) is 13.2 Å². The quantitative estimate of drug-likeness (QED) is 0.526. The molecule has 0 saturated heterocycles. The molecule has 3 rings (SSSR count). The molecule has 0 bridgehead atoms. The van der Waals surface area contributed by atoms with E-state index in [-0.39, 0.29) is 0 Å². The first-order valence-corrected chi connectivity index (χ1v) is 8.55. The van der Waals surface area contributed by atoms with Crippen LogP contribution < -0.4 is 10.6 Å². The normalized spacial score (nSPS) is 11.6. The lowest BCUT2D eigenvalue weighted by atomic mass is 10.1. The molecule has 1 aromatic carbocycles. The summed E-state index contributed by atoms with van der Waals surface area (Å²) in [6, 6.07) is 8.46. The molecule has 7 heteroatoms. The fourth-order valence-electron chi connectivity index (χ4n) is 2.61. The lowest BCUT2D eigenvalue weighted by molar-refractivity contribution is 0.463. The standard InChI is InChI=1S/C19H24N6O/c1-14-15(2)26-18(24-14)11-23-19(20-3)22-10-16-5-4-6-17(9-16)12-25-8-7-21-13-25/h4-9,13H,10-12H2,1-3H3,(H2,20,22,23). The molecule has 2 aromatic heterocycles. The Morgan fingerprint density at radius 2 is 2.00 bits per heavy atom. The Hall–Kier alpha value is -3.09. The highest BCUT2D eigenvalue weighted by atomic mass is 16.4. The average molecular weight is 352 g/mol. The van der Waals surface area contributed by atoms with Gasteiger partial charge in [-0.2, -0.15) is 0 Å². The van der Waals surface area contributed by atoms with Crippen molar-refractivity contribution < 1.29 is 4.42 Å². The van der Waals surface area contributed by atoms with Crippen LogP contribution in [0.2, 0.25) is 0 Å². The Morgan fingerprint density at radius 3 is 2.69 bits per heavy atom. The van der Waals surface area contributed by atoms with Crippen LogP contribution in [0.4, 0.5) is 0 Å². The zero-order valence-corrected chi connectivity index (χ0v) is 15.4. The van der Waals surface area contributed by atoms with Crippen LogP contribution in [0, 0.1) is 13.8 Å². The van der Waals surface area contributed by atoms with E-state index in [0.29, 0.717) is 24.9 Å². The third kappa shape index (κ3) is 4.72. The predicted molar refractivity (Wildman–Crippen MR) is 101 cm³/mol. The molecule has 0 amide bonds. The average Bonchev–Trinajstić information content (AvgIpc) is 3.25. The number of aromatic nitrogens is 3. The summed E-state index contributed by atoms with van der Waals surface area (Å²) in [7, 11) is 1.75. The Balaban J connectivity index is 1.53. The van der Waals surface area contributed by atoms with E-state index in [1.165, 1.54) is 11.1 Å². The summed E-state index contributed by atoms with van der Waals surface area (Å²) in [5.41, 5.74) is 3.34. The highest BCUT2D eigenvalue weighted by molar-refractivity contribution is 5.79. The second-order valence-electron chi connectivity index (χ2n) is 6.08. The molecule has 136 valence electrons. The number of aliphatic imine (C=N–C) groups is 1. The maximum absolute atomic E-state index is 5.57. The molecular formula is C19H24N6O. The fourth-order valence-corrected chi connectivity index (χ4v) is 2.61. The lowest BCUT2D eigenvalue weighted by Crippen LogP contribution is -2.36. The molecule has 26 heavy (non-hydrogen) atoms. The number of nitrogens with zero attached hydrogens (tertiary/aromatic N) is 4. The number of hydrogen-bond donors (Lipinski definition) is 2. The molecule has 0 aliphatic carbocycles. The molecule has 0 fully saturated rings. The Bertz CT molecular complexity index is 847. The monoisotopic (exact) mass is 352 g/mol. The maximum atomic E-state index is 5.57. The van der Waals surface area contributed by atoms with Gasteiger partial charge in [-0.05, 0) is 25.0 Å². The second-order valence-corrected chi connectivity index (χ2v) is 6.08. The van der Waals surface area contributed by atoms with E-state index in [2.05, 4.69) is 49.9 Å². The summed E-state index contributed by atoms with van der Waals surface area (Å²) in [5, 5.41) is 6.53. The third-order valence-electron chi connectivity index (χ3n) is 4.08. The number of rotatable bonds is 6. The van der Waals surface area contributed by atoms with Crippen LogP contribution in [0.15, 0.2) is 52.4 Å². The van der Waals surface area contributed by atoms with E-state index >= 15 is 0 Å². The minimum atomic E-state index is 0.495. The van der Waals surface area contributed by atoms with Crippen molar-refractivity contribution in [3.05, 3.63) is 71.5 Å². The number of benzene rings is 1. The molecule has 2 N–H and O–H groups in total. The van der Waals surface area contributed by atoms with Gasteiger partial charge in [-0.15, -0.1) is 0 Å². The van der Waals surface area contributed by atoms with Crippen molar-refractivity contribution in [1.82, 2.24) is 25.2 Å². The molecule has 0 aliphatic heterocycles. The molecule has 0 spiro atoms. The highest BCUT2D eigenvalue weighted by Gasteiger charge is 2.06. The van der Waals surface area contributed by atoms with Crippen molar-refractivity contribution >= 4 is 5.96 Å². The van der Waals surface area contributed by atoms with Crippen LogP contribution in [0.1, 0.15) is 28.5 Å². The summed E-state index contributed by atoms with van der Waals surface area (Å²) < 4.78 is 7.62. The molecule has 2 heterocycles. The summed E-state index contributed by atoms with van der Waals surface area (Å²) in [6.45, 7) is 5.83. The van der Waals surface area contributed by atoms with Gasteiger partial charge in [0.2, 0.25) is 5.89 Å². The van der Waals surface area contributed by atoms with E-state index in [1.807, 2.05) is 30.9 Å². The Morgan fingerprint density at radius 1 is 1.19 bits per heavy atom. The zero-order chi connectivity index (χ0) is 18.4.